The van der Waals surface area contributed by atoms with E-state index in [1.165, 1.54) is 0 Å². The molecule has 0 spiro atoms. The summed E-state index contributed by atoms with van der Waals surface area (Å²) in [7, 11) is 1.61. The SMILES string of the molecule is COc1ccc(C2(c3ccc(Oc4cccc(C)c4C#N)cc3)OC(=O)c3ccccc32)cc1. The van der Waals surface area contributed by atoms with Crippen LogP contribution in [0.25, 0.3) is 0 Å². The Bertz CT molecular complexity index is 1420. The van der Waals surface area contributed by atoms with Crippen molar-refractivity contribution in [3.63, 3.8) is 0 Å². The van der Waals surface area contributed by atoms with Gasteiger partial charge in [0, 0.05) is 16.7 Å². The number of methoxy groups -OCH3 is 1. The molecule has 0 radical (unpaired) electrons. The third kappa shape index (κ3) is 3.37. The molecule has 0 fully saturated rings. The molecule has 0 saturated heterocycles. The fraction of sp³-hybridized carbons (Fsp3) is 0.103. The first kappa shape index (κ1) is 21.3. The number of cyclic esters (lactones) is 1. The molecule has 0 saturated carbocycles. The topological polar surface area (TPSA) is 68.6 Å². The maximum Gasteiger partial charge on any atom is 0.340 e. The van der Waals surface area contributed by atoms with Crippen molar-refractivity contribution in [3.05, 3.63) is 124 Å². The van der Waals surface area contributed by atoms with Crippen molar-refractivity contribution in [1.29, 1.82) is 5.26 Å². The van der Waals surface area contributed by atoms with Gasteiger partial charge in [0.15, 0.2) is 5.60 Å². The number of esters is 1. The van der Waals surface area contributed by atoms with E-state index in [4.69, 9.17) is 14.2 Å². The molecule has 0 amide bonds. The summed E-state index contributed by atoms with van der Waals surface area (Å²) in [6.45, 7) is 1.87. The van der Waals surface area contributed by atoms with E-state index in [-0.39, 0.29) is 5.97 Å². The van der Waals surface area contributed by atoms with Crippen molar-refractivity contribution in [2.75, 3.05) is 7.11 Å². The van der Waals surface area contributed by atoms with E-state index in [2.05, 4.69) is 6.07 Å². The average molecular weight is 447 g/mol. The van der Waals surface area contributed by atoms with Crippen LogP contribution in [0.15, 0.2) is 91.0 Å². The number of nitrogens with zero attached hydrogens (tertiary/aromatic N) is 1. The molecule has 0 bridgehead atoms. The number of nitriles is 1. The third-order valence-corrected chi connectivity index (χ3v) is 6.10. The van der Waals surface area contributed by atoms with Crippen LogP contribution in [-0.2, 0) is 10.3 Å². The number of ether oxygens (including phenoxy) is 3. The third-order valence-electron chi connectivity index (χ3n) is 6.10. The maximum absolute atomic E-state index is 12.9. The summed E-state index contributed by atoms with van der Waals surface area (Å²) in [6.07, 6.45) is 0. The number of carbonyl (C=O) groups excluding carboxylic acids is 1. The van der Waals surface area contributed by atoms with E-state index in [9.17, 15) is 10.1 Å². The molecule has 5 rings (SSSR count). The summed E-state index contributed by atoms with van der Waals surface area (Å²) in [6, 6.07) is 30.1. The molecule has 34 heavy (non-hydrogen) atoms. The van der Waals surface area contributed by atoms with Crippen molar-refractivity contribution >= 4 is 5.97 Å². The lowest BCUT2D eigenvalue weighted by atomic mass is 9.80. The molecule has 1 aliphatic rings. The largest absolute Gasteiger partial charge is 0.497 e. The van der Waals surface area contributed by atoms with Gasteiger partial charge in [0.1, 0.15) is 23.3 Å². The second kappa shape index (κ2) is 8.42. The highest BCUT2D eigenvalue weighted by atomic mass is 16.6. The zero-order chi connectivity index (χ0) is 23.7. The molecule has 166 valence electrons. The lowest BCUT2D eigenvalue weighted by Crippen LogP contribution is -2.29. The van der Waals surface area contributed by atoms with E-state index in [1.54, 1.807) is 19.2 Å². The number of carbonyl (C=O) groups is 1. The quantitative estimate of drug-likeness (QED) is 0.344. The van der Waals surface area contributed by atoms with E-state index in [0.29, 0.717) is 28.4 Å². The Hall–Kier alpha value is -4.56. The molecule has 1 aliphatic heterocycles. The van der Waals surface area contributed by atoms with Crippen LogP contribution < -0.4 is 9.47 Å². The minimum atomic E-state index is -1.10. The van der Waals surface area contributed by atoms with E-state index in [0.717, 1.165) is 22.3 Å². The van der Waals surface area contributed by atoms with Gasteiger partial charge < -0.3 is 14.2 Å². The predicted molar refractivity (Wildman–Crippen MR) is 127 cm³/mol. The minimum absolute atomic E-state index is 0.370. The molecule has 0 aliphatic carbocycles. The molecule has 4 aromatic carbocycles. The predicted octanol–water partition coefficient (Wildman–Crippen LogP) is 6.13. The lowest BCUT2D eigenvalue weighted by Gasteiger charge is -2.30. The van der Waals surface area contributed by atoms with Crippen molar-refractivity contribution in [2.24, 2.45) is 0 Å². The summed E-state index contributed by atoms with van der Waals surface area (Å²) in [5, 5.41) is 9.49. The Kier molecular flexibility index (Phi) is 5.27. The van der Waals surface area contributed by atoms with E-state index < -0.39 is 5.60 Å². The molecular formula is C29H21NO4. The van der Waals surface area contributed by atoms with Gasteiger partial charge in [-0.05, 0) is 48.9 Å². The molecule has 5 nitrogen and oxygen atoms in total. The number of hydrogen-bond donors (Lipinski definition) is 0. The number of fused-ring (bicyclic) bond motifs is 1. The molecule has 5 heteroatoms. The van der Waals surface area contributed by atoms with Gasteiger partial charge in [-0.25, -0.2) is 4.79 Å². The van der Waals surface area contributed by atoms with E-state index in [1.807, 2.05) is 85.8 Å². The highest BCUT2D eigenvalue weighted by Crippen LogP contribution is 2.47. The van der Waals surface area contributed by atoms with Gasteiger partial charge in [-0.1, -0.05) is 54.6 Å². The minimum Gasteiger partial charge on any atom is -0.497 e. The van der Waals surface area contributed by atoms with Crippen LogP contribution in [0.4, 0.5) is 0 Å². The van der Waals surface area contributed by atoms with Gasteiger partial charge in [0.05, 0.1) is 18.2 Å². The van der Waals surface area contributed by atoms with Crippen molar-refractivity contribution in [1.82, 2.24) is 0 Å². The zero-order valence-electron chi connectivity index (χ0n) is 18.7. The first-order chi connectivity index (χ1) is 16.6. The van der Waals surface area contributed by atoms with Gasteiger partial charge >= 0.3 is 5.97 Å². The Balaban J connectivity index is 1.59. The zero-order valence-corrected chi connectivity index (χ0v) is 18.7. The fourth-order valence-corrected chi connectivity index (χ4v) is 4.39. The smallest absolute Gasteiger partial charge is 0.340 e. The van der Waals surface area contributed by atoms with Crippen LogP contribution in [0, 0.1) is 18.3 Å². The summed E-state index contributed by atoms with van der Waals surface area (Å²) in [5.74, 6) is 1.42. The molecular weight excluding hydrogens is 426 g/mol. The van der Waals surface area contributed by atoms with Crippen LogP contribution in [0.3, 0.4) is 0 Å². The number of aryl methyl sites for hydroxylation is 1. The van der Waals surface area contributed by atoms with Crippen LogP contribution in [0.5, 0.6) is 17.2 Å². The van der Waals surface area contributed by atoms with Crippen molar-refractivity contribution < 1.29 is 19.0 Å². The average Bonchev–Trinajstić information content (AvgIpc) is 3.18. The first-order valence-electron chi connectivity index (χ1n) is 10.8. The summed E-state index contributed by atoms with van der Waals surface area (Å²) >= 11 is 0. The van der Waals surface area contributed by atoms with Crippen molar-refractivity contribution in [3.8, 4) is 23.3 Å². The molecule has 4 aromatic rings. The Labute approximate surface area is 197 Å². The van der Waals surface area contributed by atoms with E-state index >= 15 is 0 Å². The fourth-order valence-electron chi connectivity index (χ4n) is 4.39. The standard InChI is InChI=1S/C29H21NO4/c1-19-6-5-9-27(25(19)18-30)33-23-16-12-21(13-17-23)29(20-10-14-22(32-2)15-11-20)26-8-4-3-7-24(26)28(31)34-29/h3-17H,1-2H3. The number of rotatable bonds is 5. The Morgan fingerprint density at radius 1 is 0.824 bits per heavy atom. The van der Waals surface area contributed by atoms with Crippen molar-refractivity contribution in [2.45, 2.75) is 12.5 Å². The second-order valence-corrected chi connectivity index (χ2v) is 8.03. The van der Waals surface area contributed by atoms with Crippen LogP contribution in [-0.4, -0.2) is 13.1 Å². The summed E-state index contributed by atoms with van der Waals surface area (Å²) in [4.78, 5) is 12.9. The number of hydrogen-bond acceptors (Lipinski definition) is 5. The molecule has 1 atom stereocenters. The maximum atomic E-state index is 12.9. The first-order valence-corrected chi connectivity index (χ1v) is 10.8. The van der Waals surface area contributed by atoms with Gasteiger partial charge in [0.2, 0.25) is 0 Å². The summed E-state index contributed by atoms with van der Waals surface area (Å²) in [5.41, 5.74) is 3.17. The molecule has 0 N–H and O–H groups in total. The van der Waals surface area contributed by atoms with Gasteiger partial charge in [-0.15, -0.1) is 0 Å². The highest BCUT2D eigenvalue weighted by Gasteiger charge is 2.48. The monoisotopic (exact) mass is 447 g/mol. The van der Waals surface area contributed by atoms with Crippen LogP contribution in [0.2, 0.25) is 0 Å². The Morgan fingerprint density at radius 2 is 1.47 bits per heavy atom. The summed E-state index contributed by atoms with van der Waals surface area (Å²) < 4.78 is 17.4. The normalized spacial score (nSPS) is 16.3. The van der Waals surface area contributed by atoms with Gasteiger partial charge in [0.25, 0.3) is 0 Å². The number of benzene rings is 4. The molecule has 1 unspecified atom stereocenters. The Morgan fingerprint density at radius 3 is 2.12 bits per heavy atom. The highest BCUT2D eigenvalue weighted by molar-refractivity contribution is 5.96. The van der Waals surface area contributed by atoms with Gasteiger partial charge in [-0.2, -0.15) is 5.26 Å². The second-order valence-electron chi connectivity index (χ2n) is 8.03. The van der Waals surface area contributed by atoms with Crippen LogP contribution >= 0.6 is 0 Å². The van der Waals surface area contributed by atoms with Crippen LogP contribution in [0.1, 0.15) is 38.2 Å². The molecule has 0 aromatic heterocycles. The molecule has 1 heterocycles. The lowest BCUT2D eigenvalue weighted by molar-refractivity contribution is 0.0251. The van der Waals surface area contributed by atoms with Gasteiger partial charge in [-0.3, -0.25) is 0 Å².